The third-order valence-electron chi connectivity index (χ3n) is 3.71. The summed E-state index contributed by atoms with van der Waals surface area (Å²) in [4.78, 5) is 7.61. The van der Waals surface area contributed by atoms with Crippen molar-refractivity contribution in [3.05, 3.63) is 52.8 Å². The van der Waals surface area contributed by atoms with Crippen LogP contribution in [0, 0.1) is 23.7 Å². The van der Waals surface area contributed by atoms with Crippen molar-refractivity contribution in [3.63, 3.8) is 0 Å². The maximum Gasteiger partial charge on any atom is 0.181 e. The number of ether oxygens (including phenoxy) is 2. The SMILES string of the molecule is C#CCOc1c(Cl)cc(/C=C(/C#N)c2nc3ccccc3[nH]2)cc1OCC. The summed E-state index contributed by atoms with van der Waals surface area (Å²) in [5.41, 5.74) is 2.72. The molecule has 0 aliphatic rings. The molecule has 0 bridgehead atoms. The van der Waals surface area contributed by atoms with E-state index in [9.17, 15) is 5.26 Å². The van der Waals surface area contributed by atoms with E-state index < -0.39 is 0 Å². The number of nitrogens with one attached hydrogen (secondary N) is 1. The number of aromatic amines is 1. The quantitative estimate of drug-likeness (QED) is 0.499. The highest BCUT2D eigenvalue weighted by atomic mass is 35.5. The smallest absolute Gasteiger partial charge is 0.181 e. The molecular weight excluding hydrogens is 362 g/mol. The molecular formula is C21H16ClN3O2. The van der Waals surface area contributed by atoms with Gasteiger partial charge in [0.15, 0.2) is 11.5 Å². The van der Waals surface area contributed by atoms with Gasteiger partial charge in [-0.1, -0.05) is 29.7 Å². The van der Waals surface area contributed by atoms with Gasteiger partial charge in [0.05, 0.1) is 28.2 Å². The largest absolute Gasteiger partial charge is 0.490 e. The number of terminal acetylenes is 1. The highest BCUT2D eigenvalue weighted by Crippen LogP contribution is 2.37. The molecule has 0 saturated carbocycles. The average molecular weight is 378 g/mol. The van der Waals surface area contributed by atoms with Crippen molar-refractivity contribution in [1.29, 1.82) is 5.26 Å². The summed E-state index contributed by atoms with van der Waals surface area (Å²) in [7, 11) is 0. The molecule has 0 saturated heterocycles. The van der Waals surface area contributed by atoms with Crippen LogP contribution in [0.5, 0.6) is 11.5 Å². The summed E-state index contributed by atoms with van der Waals surface area (Å²) in [6, 6.07) is 13.2. The van der Waals surface area contributed by atoms with Crippen molar-refractivity contribution in [1.82, 2.24) is 9.97 Å². The van der Waals surface area contributed by atoms with E-state index in [1.807, 2.05) is 31.2 Å². The van der Waals surface area contributed by atoms with E-state index in [0.29, 0.717) is 40.1 Å². The molecule has 0 unspecified atom stereocenters. The Bertz CT molecular complexity index is 1050. The van der Waals surface area contributed by atoms with Gasteiger partial charge in [-0.3, -0.25) is 0 Å². The number of rotatable bonds is 6. The zero-order valence-corrected chi connectivity index (χ0v) is 15.4. The Morgan fingerprint density at radius 3 is 2.85 bits per heavy atom. The monoisotopic (exact) mass is 377 g/mol. The number of fused-ring (bicyclic) bond motifs is 1. The van der Waals surface area contributed by atoms with E-state index in [1.165, 1.54) is 0 Å². The van der Waals surface area contributed by atoms with E-state index in [1.54, 1.807) is 18.2 Å². The minimum absolute atomic E-state index is 0.0808. The first kappa shape index (κ1) is 18.4. The van der Waals surface area contributed by atoms with Crippen molar-refractivity contribution >= 4 is 34.3 Å². The summed E-state index contributed by atoms with van der Waals surface area (Å²) in [5.74, 6) is 3.74. The van der Waals surface area contributed by atoms with Crippen LogP contribution >= 0.6 is 11.6 Å². The van der Waals surface area contributed by atoms with Crippen LogP contribution in [0.3, 0.4) is 0 Å². The second-order valence-electron chi connectivity index (χ2n) is 5.53. The Morgan fingerprint density at radius 2 is 2.15 bits per heavy atom. The minimum atomic E-state index is 0.0808. The molecule has 5 nitrogen and oxygen atoms in total. The Labute approximate surface area is 162 Å². The maximum absolute atomic E-state index is 9.59. The molecule has 3 aromatic rings. The molecule has 0 spiro atoms. The number of para-hydroxylation sites is 2. The van der Waals surface area contributed by atoms with E-state index in [-0.39, 0.29) is 6.61 Å². The van der Waals surface area contributed by atoms with Gasteiger partial charge in [0.2, 0.25) is 0 Å². The number of allylic oxidation sites excluding steroid dienone is 1. The lowest BCUT2D eigenvalue weighted by atomic mass is 10.1. The number of nitriles is 1. The molecule has 134 valence electrons. The predicted molar refractivity (Wildman–Crippen MR) is 107 cm³/mol. The van der Waals surface area contributed by atoms with Gasteiger partial charge in [-0.2, -0.15) is 5.26 Å². The molecule has 0 amide bonds. The van der Waals surface area contributed by atoms with Crippen molar-refractivity contribution in [3.8, 4) is 29.9 Å². The molecule has 0 aliphatic heterocycles. The average Bonchev–Trinajstić information content (AvgIpc) is 3.09. The molecule has 0 radical (unpaired) electrons. The number of aromatic nitrogens is 2. The lowest BCUT2D eigenvalue weighted by Gasteiger charge is -2.13. The van der Waals surface area contributed by atoms with Gasteiger partial charge in [0.25, 0.3) is 0 Å². The van der Waals surface area contributed by atoms with Gasteiger partial charge in [-0.15, -0.1) is 6.42 Å². The van der Waals surface area contributed by atoms with E-state index in [2.05, 4.69) is 22.0 Å². The fourth-order valence-corrected chi connectivity index (χ4v) is 2.86. The van der Waals surface area contributed by atoms with Crippen LogP contribution in [0.2, 0.25) is 5.02 Å². The molecule has 2 aromatic carbocycles. The highest BCUT2D eigenvalue weighted by molar-refractivity contribution is 6.32. The fourth-order valence-electron chi connectivity index (χ4n) is 2.59. The third kappa shape index (κ3) is 4.06. The molecule has 1 N–H and O–H groups in total. The van der Waals surface area contributed by atoms with Gasteiger partial charge >= 0.3 is 0 Å². The fraction of sp³-hybridized carbons (Fsp3) is 0.143. The molecule has 0 aliphatic carbocycles. The Kier molecular flexibility index (Phi) is 5.66. The number of hydrogen-bond acceptors (Lipinski definition) is 4. The number of nitrogens with zero attached hydrogens (tertiary/aromatic N) is 2. The summed E-state index contributed by atoms with van der Waals surface area (Å²) in [5, 5.41) is 9.94. The van der Waals surface area contributed by atoms with Crippen LogP contribution in [0.4, 0.5) is 0 Å². The summed E-state index contributed by atoms with van der Waals surface area (Å²) >= 11 is 6.33. The van der Waals surface area contributed by atoms with Crippen LogP contribution in [0.25, 0.3) is 22.7 Å². The van der Waals surface area contributed by atoms with Gasteiger partial charge in [0, 0.05) is 0 Å². The van der Waals surface area contributed by atoms with Crippen molar-refractivity contribution in [2.45, 2.75) is 6.92 Å². The zero-order chi connectivity index (χ0) is 19.2. The first-order valence-electron chi connectivity index (χ1n) is 8.25. The normalized spacial score (nSPS) is 11.0. The van der Waals surface area contributed by atoms with E-state index in [0.717, 1.165) is 11.0 Å². The zero-order valence-electron chi connectivity index (χ0n) is 14.6. The Hall–Kier alpha value is -3.41. The first-order valence-corrected chi connectivity index (χ1v) is 8.63. The second-order valence-corrected chi connectivity index (χ2v) is 5.94. The van der Waals surface area contributed by atoms with Gasteiger partial charge in [-0.25, -0.2) is 4.98 Å². The van der Waals surface area contributed by atoms with E-state index >= 15 is 0 Å². The molecule has 27 heavy (non-hydrogen) atoms. The van der Waals surface area contributed by atoms with Crippen LogP contribution in [0.1, 0.15) is 18.3 Å². The van der Waals surface area contributed by atoms with Gasteiger partial charge in [-0.05, 0) is 42.8 Å². The van der Waals surface area contributed by atoms with Crippen molar-refractivity contribution in [2.24, 2.45) is 0 Å². The van der Waals surface area contributed by atoms with Crippen molar-refractivity contribution in [2.75, 3.05) is 13.2 Å². The lowest BCUT2D eigenvalue weighted by molar-refractivity contribution is 0.299. The molecule has 0 fully saturated rings. The number of H-pyrrole nitrogens is 1. The lowest BCUT2D eigenvalue weighted by Crippen LogP contribution is -2.00. The number of benzene rings is 2. The summed E-state index contributed by atoms with van der Waals surface area (Å²) < 4.78 is 11.1. The Morgan fingerprint density at radius 1 is 1.33 bits per heavy atom. The van der Waals surface area contributed by atoms with Crippen LogP contribution in [-0.2, 0) is 0 Å². The topological polar surface area (TPSA) is 70.9 Å². The standard InChI is InChI=1S/C21H16ClN3O2/c1-3-9-27-20-16(22)11-14(12-19(20)26-4-2)10-15(13-23)21-24-17-7-5-6-8-18(17)25-21/h1,5-8,10-12H,4,9H2,2H3,(H,24,25)/b15-10-. The molecule has 3 rings (SSSR count). The molecule has 6 heteroatoms. The first-order chi connectivity index (χ1) is 13.2. The van der Waals surface area contributed by atoms with Crippen LogP contribution < -0.4 is 9.47 Å². The van der Waals surface area contributed by atoms with Crippen LogP contribution in [0.15, 0.2) is 36.4 Å². The van der Waals surface area contributed by atoms with Crippen molar-refractivity contribution < 1.29 is 9.47 Å². The summed E-state index contributed by atoms with van der Waals surface area (Å²) in [6.45, 7) is 2.37. The van der Waals surface area contributed by atoms with E-state index in [4.69, 9.17) is 27.5 Å². The number of hydrogen-bond donors (Lipinski definition) is 1. The number of imidazole rings is 1. The predicted octanol–water partition coefficient (Wildman–Crippen LogP) is 4.69. The van der Waals surface area contributed by atoms with Crippen LogP contribution in [-0.4, -0.2) is 23.2 Å². The van der Waals surface area contributed by atoms with Gasteiger partial charge in [0.1, 0.15) is 18.5 Å². The highest BCUT2D eigenvalue weighted by Gasteiger charge is 2.13. The molecule has 1 heterocycles. The number of halogens is 1. The Balaban J connectivity index is 2.03. The minimum Gasteiger partial charge on any atom is -0.490 e. The third-order valence-corrected chi connectivity index (χ3v) is 3.99. The molecule has 1 aromatic heterocycles. The summed E-state index contributed by atoms with van der Waals surface area (Å²) in [6.07, 6.45) is 6.94. The molecule has 0 atom stereocenters. The second kappa shape index (κ2) is 8.31. The van der Waals surface area contributed by atoms with Gasteiger partial charge < -0.3 is 14.5 Å². The maximum atomic E-state index is 9.59.